The summed E-state index contributed by atoms with van der Waals surface area (Å²) in [5, 5.41) is 18.4. The lowest BCUT2D eigenvalue weighted by molar-refractivity contribution is -0.141. The van der Waals surface area contributed by atoms with Crippen molar-refractivity contribution in [2.45, 2.75) is 132 Å². The van der Waals surface area contributed by atoms with Crippen molar-refractivity contribution in [2.24, 2.45) is 9.98 Å². The van der Waals surface area contributed by atoms with Crippen molar-refractivity contribution in [3.05, 3.63) is 189 Å². The second-order valence-electron chi connectivity index (χ2n) is 25.4. The molecule has 0 fully saturated rings. The van der Waals surface area contributed by atoms with Crippen LogP contribution in [0.25, 0.3) is 0 Å². The minimum absolute atomic E-state index is 0. The van der Waals surface area contributed by atoms with Gasteiger partial charge in [-0.2, -0.15) is 8.42 Å². The summed E-state index contributed by atoms with van der Waals surface area (Å²) in [6, 6.07) is 40.4. The van der Waals surface area contributed by atoms with Gasteiger partial charge < -0.3 is 53.3 Å². The second-order valence-corrected chi connectivity index (χ2v) is 27.0. The van der Waals surface area contributed by atoms with Gasteiger partial charge in [-0.15, -0.1) is 0 Å². The number of methoxy groups -OCH3 is 4. The van der Waals surface area contributed by atoms with E-state index >= 15 is 0 Å². The molecule has 7 aromatic carbocycles. The zero-order valence-electron chi connectivity index (χ0n) is 59.6. The highest BCUT2D eigenvalue weighted by Crippen LogP contribution is 2.43. The van der Waals surface area contributed by atoms with Crippen molar-refractivity contribution in [1.29, 1.82) is 0 Å². The molecule has 104 heavy (non-hydrogen) atoms. The van der Waals surface area contributed by atoms with Gasteiger partial charge in [0.15, 0.2) is 11.5 Å². The first-order valence-corrected chi connectivity index (χ1v) is 35.7. The molecule has 2 N–H and O–H groups in total. The van der Waals surface area contributed by atoms with Gasteiger partial charge in [-0.1, -0.05) is 70.3 Å². The molecule has 0 saturated carbocycles. The van der Waals surface area contributed by atoms with Crippen LogP contribution >= 0.6 is 0 Å². The molecule has 0 spiro atoms. The number of aryl methyl sites for hydroxylation is 2. The van der Waals surface area contributed by atoms with Gasteiger partial charge in [-0.05, 0) is 149 Å². The predicted octanol–water partition coefficient (Wildman–Crippen LogP) is 12.6. The molecule has 4 aliphatic heterocycles. The number of para-hydroxylation sites is 2. The first kappa shape index (κ1) is 81.2. The Morgan fingerprint density at radius 1 is 0.519 bits per heavy atom. The molecule has 556 valence electrons. The summed E-state index contributed by atoms with van der Waals surface area (Å²) in [5.74, 6) is 0.615. The number of carbonyl (C=O) groups is 5. The molecule has 23 nitrogen and oxygen atoms in total. The van der Waals surface area contributed by atoms with Crippen LogP contribution in [0.3, 0.4) is 0 Å². The summed E-state index contributed by atoms with van der Waals surface area (Å²) in [6.07, 6.45) is 10.1. The average Bonchev–Trinajstić information content (AvgIpc) is 1.61. The Morgan fingerprint density at radius 2 is 0.904 bits per heavy atom. The fourth-order valence-corrected chi connectivity index (χ4v) is 12.8. The van der Waals surface area contributed by atoms with Crippen molar-refractivity contribution in [1.82, 2.24) is 0 Å². The largest absolute Gasteiger partial charge is 0.493 e. The molecule has 7 aromatic rings. The predicted molar refractivity (Wildman–Crippen MR) is 408 cm³/mol. The number of aliphatic imine (C=N–C) groups is 2. The fourth-order valence-electron chi connectivity index (χ4n) is 12.5. The number of fused-ring (bicyclic) bond motifs is 8. The van der Waals surface area contributed by atoms with Gasteiger partial charge in [-0.3, -0.25) is 47.9 Å². The smallest absolute Gasteiger partial charge is 0.305 e. The lowest BCUT2D eigenvalue weighted by atomic mass is 10.1. The summed E-state index contributed by atoms with van der Waals surface area (Å²) in [7, 11) is 8.07. The Balaban J connectivity index is 0.000000282. The zero-order chi connectivity index (χ0) is 73.2. The van der Waals surface area contributed by atoms with Gasteiger partial charge in [0.2, 0.25) is 0 Å². The maximum atomic E-state index is 14.0. The van der Waals surface area contributed by atoms with E-state index in [2.05, 4.69) is 32.6 Å². The number of nitrogens with zero attached hydrogens (tertiary/aromatic N) is 7. The number of amides is 2. The van der Waals surface area contributed by atoms with Crippen LogP contribution in [0.1, 0.15) is 131 Å². The van der Waals surface area contributed by atoms with Crippen LogP contribution in [-0.4, -0.2) is 148 Å². The maximum absolute atomic E-state index is 14.0. The van der Waals surface area contributed by atoms with Crippen LogP contribution < -0.4 is 38.7 Å². The van der Waals surface area contributed by atoms with Gasteiger partial charge in [0, 0.05) is 126 Å². The van der Waals surface area contributed by atoms with E-state index < -0.39 is 10.1 Å². The number of benzene rings is 7. The molecule has 0 aromatic heterocycles. The van der Waals surface area contributed by atoms with E-state index in [1.54, 1.807) is 25.3 Å². The number of esters is 3. The SMILES string of the molecule is C.C.CCc1cc(COS(C)(=O)=O)cc(N(C)CCCC(=O)OC)c1.COC(=O)CCCN(C)c1cc(CO)cc(CO)c1.COC(=O)CCCN(C)c1cc(COc2cc3c(cc2C)C(=O)N2c4ccccc4C[C@H]2C=N3)cc(COc2cc3c(cc2OC)C(=O)N2c4ccccc4C[C@H]2C=N3)c1. The summed E-state index contributed by atoms with van der Waals surface area (Å²) in [5.41, 5.74) is 15.0. The van der Waals surface area contributed by atoms with Crippen LogP contribution in [-0.2, 0) is 95.2 Å². The molecular weight excluding hydrogens is 1350 g/mol. The molecule has 24 heteroatoms. The summed E-state index contributed by atoms with van der Waals surface area (Å²) in [6.45, 7) is 6.32. The van der Waals surface area contributed by atoms with E-state index in [1.165, 1.54) is 21.3 Å². The highest BCUT2D eigenvalue weighted by molar-refractivity contribution is 7.85. The van der Waals surface area contributed by atoms with Crippen LogP contribution in [0.4, 0.5) is 39.8 Å². The zero-order valence-corrected chi connectivity index (χ0v) is 60.4. The van der Waals surface area contributed by atoms with Crippen LogP contribution in [0, 0.1) is 6.92 Å². The highest BCUT2D eigenvalue weighted by Gasteiger charge is 2.38. The Kier molecular flexibility index (Phi) is 29.5. The Hall–Kier alpha value is -10.1. The molecule has 0 aliphatic carbocycles. The van der Waals surface area contributed by atoms with Crippen molar-refractivity contribution in [2.75, 3.05) is 100.0 Å². The molecule has 0 bridgehead atoms. The molecule has 0 unspecified atom stereocenters. The van der Waals surface area contributed by atoms with E-state index in [0.29, 0.717) is 104 Å². The normalized spacial score (nSPS) is 14.1. The standard InChI is InChI=1S/C48H45N5O7.C16H25NO5S.C14H21NO4.2CH4/c1-29-16-37-39(49-25-35-20-32-10-5-7-12-41(32)52(35)47(37)55)23-43(29)59-27-30-17-31(19-34(18-30)51(2)15-9-14-46(54)58-4)28-60-45-24-40-38(22-44(45)57-3)48(56)53-36(26-50-40)21-33-11-6-8-13-42(33)53;1-5-13-9-14(12-22-23(4,19)20)11-15(10-13)17(2)8-6-7-16(18)21-3;1-15(5-3-4-14(18)19-2)13-7-11(9-16)6-12(8-13)10-17;;/h5-8,10-13,16-19,22-26,35-36H,9,14-15,20-21,27-28H2,1-4H3;9-11H,5-8,12H2,1-4H3;6-8,16-17H,3-5,9-10H2,1-2H3;2*1H4/t35-,36-;;;;/m0..../s1. The quantitative estimate of drug-likeness (QED) is 0.0262. The topological polar surface area (TPSA) is 265 Å². The van der Waals surface area contributed by atoms with E-state index in [-0.39, 0.29) is 89.7 Å². The number of hydrogen-bond acceptors (Lipinski definition) is 21. The molecule has 0 radical (unpaired) electrons. The number of anilines is 5. The van der Waals surface area contributed by atoms with Crippen molar-refractivity contribution in [3.63, 3.8) is 0 Å². The number of hydrogen-bond donors (Lipinski definition) is 2. The molecule has 2 atom stereocenters. The van der Waals surface area contributed by atoms with Crippen LogP contribution in [0.15, 0.2) is 137 Å². The third kappa shape index (κ3) is 21.0. The number of rotatable bonds is 28. The Morgan fingerprint density at radius 3 is 1.33 bits per heavy atom. The van der Waals surface area contributed by atoms with Crippen LogP contribution in [0.2, 0.25) is 0 Å². The number of ether oxygens (including phenoxy) is 6. The molecule has 4 aliphatic rings. The van der Waals surface area contributed by atoms with E-state index in [0.717, 1.165) is 97.6 Å². The molecule has 0 saturated heterocycles. The lowest BCUT2D eigenvalue weighted by Crippen LogP contribution is -2.37. The summed E-state index contributed by atoms with van der Waals surface area (Å²) >= 11 is 0. The molecule has 4 heterocycles. The summed E-state index contributed by atoms with van der Waals surface area (Å²) in [4.78, 5) is 81.2. The van der Waals surface area contributed by atoms with Gasteiger partial charge in [0.25, 0.3) is 21.9 Å². The first-order valence-electron chi connectivity index (χ1n) is 33.9. The van der Waals surface area contributed by atoms with Gasteiger partial charge >= 0.3 is 17.9 Å². The van der Waals surface area contributed by atoms with Crippen LogP contribution in [0.5, 0.6) is 17.2 Å². The monoisotopic (exact) mass is 1450 g/mol. The second kappa shape index (κ2) is 37.9. The van der Waals surface area contributed by atoms with Gasteiger partial charge in [0.05, 0.1) is 89.1 Å². The van der Waals surface area contributed by atoms with Gasteiger partial charge in [-0.25, -0.2) is 0 Å². The summed E-state index contributed by atoms with van der Waals surface area (Å²) < 4.78 is 59.9. The number of aliphatic hydroxyl groups is 2. The highest BCUT2D eigenvalue weighted by atomic mass is 32.2. The third-order valence-electron chi connectivity index (χ3n) is 18.0. The Bertz CT molecular complexity index is 4330. The molecule has 11 rings (SSSR count). The van der Waals surface area contributed by atoms with E-state index in [1.807, 2.05) is 158 Å². The first-order chi connectivity index (χ1) is 49.0. The van der Waals surface area contributed by atoms with Crippen molar-refractivity contribution >= 4 is 92.1 Å². The minimum Gasteiger partial charge on any atom is -0.493 e. The maximum Gasteiger partial charge on any atom is 0.305 e. The average molecular weight is 1450 g/mol. The molecular formula is C80H99N7O16S. The number of aliphatic hydroxyl groups excluding tert-OH is 2. The van der Waals surface area contributed by atoms with Crippen molar-refractivity contribution in [3.8, 4) is 17.2 Å². The third-order valence-corrected chi connectivity index (χ3v) is 18.6. The van der Waals surface area contributed by atoms with Crippen molar-refractivity contribution < 1.29 is 75.2 Å². The fraction of sp³-hybridized carbons (Fsp3) is 0.388. The van der Waals surface area contributed by atoms with E-state index in [4.69, 9.17) is 33.1 Å². The lowest BCUT2D eigenvalue weighted by Gasteiger charge is -2.23. The molecule has 2 amide bonds. The number of carbonyl (C=O) groups excluding carboxylic acids is 5. The van der Waals surface area contributed by atoms with E-state index in [9.17, 15) is 42.6 Å². The Labute approximate surface area is 611 Å². The minimum atomic E-state index is -3.47. The van der Waals surface area contributed by atoms with Gasteiger partial charge in [0.1, 0.15) is 19.0 Å².